The van der Waals surface area contributed by atoms with Gasteiger partial charge in [0.2, 0.25) is 0 Å². The molecule has 0 radical (unpaired) electrons. The lowest BCUT2D eigenvalue weighted by molar-refractivity contribution is -0.0543. The molecule has 0 aromatic carbocycles. The van der Waals surface area contributed by atoms with Crippen LogP contribution in [0.25, 0.3) is 0 Å². The SMILES string of the molecule is CC(C)N1CCOC(CC(C)(C)C)C1. The summed E-state index contributed by atoms with van der Waals surface area (Å²) in [4.78, 5) is 2.51. The van der Waals surface area contributed by atoms with Crippen molar-refractivity contribution >= 4 is 0 Å². The quantitative estimate of drug-likeness (QED) is 0.677. The van der Waals surface area contributed by atoms with E-state index in [9.17, 15) is 0 Å². The van der Waals surface area contributed by atoms with Crippen LogP contribution in [-0.4, -0.2) is 36.7 Å². The third-order valence-corrected chi connectivity index (χ3v) is 2.74. The fourth-order valence-electron chi connectivity index (χ4n) is 2.02. The first kappa shape index (κ1) is 12.0. The van der Waals surface area contributed by atoms with Crippen LogP contribution < -0.4 is 0 Å². The average molecular weight is 199 g/mol. The van der Waals surface area contributed by atoms with Gasteiger partial charge in [0.25, 0.3) is 0 Å². The summed E-state index contributed by atoms with van der Waals surface area (Å²) in [7, 11) is 0. The van der Waals surface area contributed by atoms with Gasteiger partial charge >= 0.3 is 0 Å². The number of ether oxygens (including phenoxy) is 1. The molecular weight excluding hydrogens is 174 g/mol. The number of hydrogen-bond donors (Lipinski definition) is 0. The molecule has 1 heterocycles. The van der Waals surface area contributed by atoms with Crippen molar-refractivity contribution in [2.75, 3.05) is 19.7 Å². The van der Waals surface area contributed by atoms with Gasteiger partial charge in [0, 0.05) is 19.1 Å². The first-order chi connectivity index (χ1) is 6.38. The molecule has 1 atom stereocenters. The minimum Gasteiger partial charge on any atom is -0.376 e. The molecule has 84 valence electrons. The van der Waals surface area contributed by atoms with E-state index in [1.165, 1.54) is 0 Å². The van der Waals surface area contributed by atoms with Crippen molar-refractivity contribution in [2.24, 2.45) is 5.41 Å². The number of nitrogens with zero attached hydrogens (tertiary/aromatic N) is 1. The Bertz CT molecular complexity index is 172. The molecule has 1 saturated heterocycles. The van der Waals surface area contributed by atoms with Crippen molar-refractivity contribution in [3.8, 4) is 0 Å². The van der Waals surface area contributed by atoms with Crippen LogP contribution in [0, 0.1) is 5.41 Å². The lowest BCUT2D eigenvalue weighted by atomic mass is 9.88. The molecule has 0 spiro atoms. The average Bonchev–Trinajstić information content (AvgIpc) is 2.01. The summed E-state index contributed by atoms with van der Waals surface area (Å²) in [5, 5.41) is 0. The van der Waals surface area contributed by atoms with Crippen LogP contribution in [0.5, 0.6) is 0 Å². The van der Waals surface area contributed by atoms with Gasteiger partial charge in [-0.1, -0.05) is 20.8 Å². The molecule has 1 fully saturated rings. The zero-order chi connectivity index (χ0) is 10.8. The van der Waals surface area contributed by atoms with Gasteiger partial charge in [0.15, 0.2) is 0 Å². The van der Waals surface area contributed by atoms with Gasteiger partial charge in [-0.05, 0) is 25.7 Å². The summed E-state index contributed by atoms with van der Waals surface area (Å²) in [6.45, 7) is 14.5. The van der Waals surface area contributed by atoms with Crippen molar-refractivity contribution in [1.29, 1.82) is 0 Å². The minimum absolute atomic E-state index is 0.380. The molecule has 0 saturated carbocycles. The molecule has 1 rings (SSSR count). The maximum Gasteiger partial charge on any atom is 0.0707 e. The van der Waals surface area contributed by atoms with Gasteiger partial charge in [0.05, 0.1) is 12.7 Å². The number of hydrogen-bond acceptors (Lipinski definition) is 2. The molecular formula is C12H25NO. The number of rotatable bonds is 2. The normalized spacial score (nSPS) is 25.7. The molecule has 0 aromatic heterocycles. The van der Waals surface area contributed by atoms with Crippen LogP contribution >= 0.6 is 0 Å². The maximum atomic E-state index is 5.79. The molecule has 0 aromatic rings. The van der Waals surface area contributed by atoms with Crippen molar-refractivity contribution in [3.63, 3.8) is 0 Å². The predicted molar refractivity (Wildman–Crippen MR) is 60.5 cm³/mol. The van der Waals surface area contributed by atoms with E-state index in [1.54, 1.807) is 0 Å². The summed E-state index contributed by atoms with van der Waals surface area (Å²) in [6, 6.07) is 0.654. The van der Waals surface area contributed by atoms with Gasteiger partial charge < -0.3 is 4.74 Å². The monoisotopic (exact) mass is 199 g/mol. The first-order valence-corrected chi connectivity index (χ1v) is 5.74. The zero-order valence-corrected chi connectivity index (χ0v) is 10.3. The third kappa shape index (κ3) is 3.97. The molecule has 0 bridgehead atoms. The molecule has 0 N–H and O–H groups in total. The maximum absolute atomic E-state index is 5.79. The Hall–Kier alpha value is -0.0800. The van der Waals surface area contributed by atoms with Gasteiger partial charge in [-0.25, -0.2) is 0 Å². The van der Waals surface area contributed by atoms with Gasteiger partial charge in [0.1, 0.15) is 0 Å². The number of morpholine rings is 1. The highest BCUT2D eigenvalue weighted by Gasteiger charge is 2.26. The van der Waals surface area contributed by atoms with E-state index in [1.807, 2.05) is 0 Å². The Morgan fingerprint density at radius 3 is 2.50 bits per heavy atom. The predicted octanol–water partition coefficient (Wildman–Crippen LogP) is 2.53. The van der Waals surface area contributed by atoms with E-state index in [4.69, 9.17) is 4.74 Å². The van der Waals surface area contributed by atoms with E-state index in [-0.39, 0.29) is 0 Å². The molecule has 1 aliphatic rings. The summed E-state index contributed by atoms with van der Waals surface area (Å²) >= 11 is 0. The van der Waals surface area contributed by atoms with Crippen LogP contribution in [0.2, 0.25) is 0 Å². The highest BCUT2D eigenvalue weighted by molar-refractivity contribution is 4.78. The van der Waals surface area contributed by atoms with Crippen LogP contribution in [0.1, 0.15) is 41.0 Å². The fraction of sp³-hybridized carbons (Fsp3) is 1.00. The summed E-state index contributed by atoms with van der Waals surface area (Å²) in [5.74, 6) is 0. The van der Waals surface area contributed by atoms with Crippen LogP contribution in [0.3, 0.4) is 0 Å². The van der Waals surface area contributed by atoms with Crippen molar-refractivity contribution in [1.82, 2.24) is 4.90 Å². The van der Waals surface area contributed by atoms with E-state index in [2.05, 4.69) is 39.5 Å². The second kappa shape index (κ2) is 4.63. The second-order valence-corrected chi connectivity index (χ2v) is 5.85. The molecule has 2 nitrogen and oxygen atoms in total. The molecule has 0 amide bonds. The van der Waals surface area contributed by atoms with Crippen molar-refractivity contribution in [3.05, 3.63) is 0 Å². The Balaban J connectivity index is 2.40. The Morgan fingerprint density at radius 1 is 1.36 bits per heavy atom. The molecule has 0 aliphatic carbocycles. The smallest absolute Gasteiger partial charge is 0.0707 e. The molecule has 1 unspecified atom stereocenters. The first-order valence-electron chi connectivity index (χ1n) is 5.74. The lowest BCUT2D eigenvalue weighted by Crippen LogP contribution is -2.46. The topological polar surface area (TPSA) is 12.5 Å². The van der Waals surface area contributed by atoms with Crippen molar-refractivity contribution < 1.29 is 4.74 Å². The Kier molecular flexibility index (Phi) is 3.96. The van der Waals surface area contributed by atoms with Crippen LogP contribution in [0.15, 0.2) is 0 Å². The largest absolute Gasteiger partial charge is 0.376 e. The summed E-state index contributed by atoms with van der Waals surface area (Å²) in [5.41, 5.74) is 0.380. The summed E-state index contributed by atoms with van der Waals surface area (Å²) < 4.78 is 5.79. The highest BCUT2D eigenvalue weighted by atomic mass is 16.5. The van der Waals surface area contributed by atoms with Crippen molar-refractivity contribution in [2.45, 2.75) is 53.2 Å². The van der Waals surface area contributed by atoms with E-state index < -0.39 is 0 Å². The minimum atomic E-state index is 0.380. The molecule has 14 heavy (non-hydrogen) atoms. The summed E-state index contributed by atoms with van der Waals surface area (Å²) in [6.07, 6.45) is 1.60. The third-order valence-electron chi connectivity index (χ3n) is 2.74. The van der Waals surface area contributed by atoms with Gasteiger partial charge in [-0.2, -0.15) is 0 Å². The zero-order valence-electron chi connectivity index (χ0n) is 10.3. The standard InChI is InChI=1S/C12H25NO/c1-10(2)13-6-7-14-11(9-13)8-12(3,4)5/h10-11H,6-9H2,1-5H3. The fourth-order valence-corrected chi connectivity index (χ4v) is 2.02. The van der Waals surface area contributed by atoms with Crippen LogP contribution in [-0.2, 0) is 4.74 Å². The van der Waals surface area contributed by atoms with Crippen LogP contribution in [0.4, 0.5) is 0 Å². The van der Waals surface area contributed by atoms with E-state index in [0.29, 0.717) is 17.6 Å². The molecule has 1 aliphatic heterocycles. The van der Waals surface area contributed by atoms with Gasteiger partial charge in [-0.15, -0.1) is 0 Å². The lowest BCUT2D eigenvalue weighted by Gasteiger charge is -2.37. The Labute approximate surface area is 88.6 Å². The highest BCUT2D eigenvalue weighted by Crippen LogP contribution is 2.24. The van der Waals surface area contributed by atoms with E-state index in [0.717, 1.165) is 26.1 Å². The Morgan fingerprint density at radius 2 is 2.00 bits per heavy atom. The van der Waals surface area contributed by atoms with E-state index >= 15 is 0 Å². The molecule has 2 heteroatoms. The second-order valence-electron chi connectivity index (χ2n) is 5.85. The van der Waals surface area contributed by atoms with Gasteiger partial charge in [-0.3, -0.25) is 4.90 Å².